The van der Waals surface area contributed by atoms with Gasteiger partial charge in [-0.1, -0.05) is 73.5 Å². The van der Waals surface area contributed by atoms with Gasteiger partial charge in [-0.15, -0.1) is 0 Å². The summed E-state index contributed by atoms with van der Waals surface area (Å²) in [5.41, 5.74) is 6.83. The second-order valence-corrected chi connectivity index (χ2v) is 10.2. The van der Waals surface area contributed by atoms with Crippen molar-refractivity contribution in [2.45, 2.75) is 44.7 Å². The number of hydrogen-bond acceptors (Lipinski definition) is 4. The largest absolute Gasteiger partial charge is 0.290 e. The molecule has 1 amide bonds. The Kier molecular flexibility index (Phi) is 6.09. The summed E-state index contributed by atoms with van der Waals surface area (Å²) in [6.45, 7) is 2.51. The standard InChI is InChI=1S/C33H28N4O/c1-23-15-18-35-30(19-23)27-13-14-28(21-34)29(20-27)25-11-9-24(10-12-25)22-37-31(26-7-3-2-4-8-26)36-33(32(37)38)16-5-6-17-33/h2-4,7-15,18-20H,5-6,16-17,22H2,1H3. The van der Waals surface area contributed by atoms with Crippen LogP contribution in [0.4, 0.5) is 0 Å². The fourth-order valence-corrected chi connectivity index (χ4v) is 5.60. The van der Waals surface area contributed by atoms with Crippen LogP contribution in [0.15, 0.2) is 96.1 Å². The summed E-state index contributed by atoms with van der Waals surface area (Å²) in [5.74, 6) is 0.884. The van der Waals surface area contributed by atoms with Gasteiger partial charge in [-0.05, 0) is 60.7 Å². The molecule has 1 aromatic heterocycles. The highest BCUT2D eigenvalue weighted by molar-refractivity contribution is 6.15. The number of aliphatic imine (C=N–C) groups is 1. The summed E-state index contributed by atoms with van der Waals surface area (Å²) >= 11 is 0. The van der Waals surface area contributed by atoms with E-state index in [2.05, 4.69) is 11.1 Å². The molecule has 5 nitrogen and oxygen atoms in total. The highest BCUT2D eigenvalue weighted by atomic mass is 16.2. The number of aryl methyl sites for hydroxylation is 1. The topological polar surface area (TPSA) is 69.3 Å². The molecule has 3 aromatic carbocycles. The van der Waals surface area contributed by atoms with Crippen LogP contribution in [-0.4, -0.2) is 27.2 Å². The zero-order valence-electron chi connectivity index (χ0n) is 21.4. The molecule has 1 spiro atoms. The molecule has 1 aliphatic heterocycles. The second-order valence-electron chi connectivity index (χ2n) is 10.2. The lowest BCUT2D eigenvalue weighted by molar-refractivity contribution is -0.131. The number of benzene rings is 3. The molecule has 0 atom stereocenters. The smallest absolute Gasteiger partial charge is 0.256 e. The summed E-state index contributed by atoms with van der Waals surface area (Å²) in [6, 6.07) is 30.3. The molecule has 186 valence electrons. The Morgan fingerprint density at radius 1 is 0.895 bits per heavy atom. The normalized spacial score (nSPS) is 16.1. The minimum absolute atomic E-state index is 0.114. The highest BCUT2D eigenvalue weighted by Gasteiger charge is 2.49. The predicted octanol–water partition coefficient (Wildman–Crippen LogP) is 6.70. The Labute approximate surface area is 223 Å². The highest BCUT2D eigenvalue weighted by Crippen LogP contribution is 2.40. The third-order valence-corrected chi connectivity index (χ3v) is 7.64. The number of nitrogens with zero attached hydrogens (tertiary/aromatic N) is 4. The van der Waals surface area contributed by atoms with Crippen molar-refractivity contribution in [3.8, 4) is 28.5 Å². The monoisotopic (exact) mass is 496 g/mol. The van der Waals surface area contributed by atoms with Crippen molar-refractivity contribution in [3.63, 3.8) is 0 Å². The van der Waals surface area contributed by atoms with Gasteiger partial charge in [-0.25, -0.2) is 0 Å². The van der Waals surface area contributed by atoms with Crippen molar-refractivity contribution in [3.05, 3.63) is 113 Å². The molecule has 1 aliphatic carbocycles. The lowest BCUT2D eigenvalue weighted by atomic mass is 9.95. The van der Waals surface area contributed by atoms with Crippen molar-refractivity contribution < 1.29 is 4.79 Å². The molecule has 1 saturated carbocycles. The van der Waals surface area contributed by atoms with Crippen LogP contribution in [-0.2, 0) is 11.3 Å². The Hall–Kier alpha value is -4.56. The zero-order valence-corrected chi connectivity index (χ0v) is 21.4. The minimum atomic E-state index is -0.600. The first-order valence-electron chi connectivity index (χ1n) is 13.1. The van der Waals surface area contributed by atoms with Gasteiger partial charge in [-0.2, -0.15) is 5.26 Å². The molecule has 0 N–H and O–H groups in total. The van der Waals surface area contributed by atoms with Crippen LogP contribution >= 0.6 is 0 Å². The van der Waals surface area contributed by atoms with Crippen molar-refractivity contribution in [2.75, 3.05) is 0 Å². The molecule has 0 radical (unpaired) electrons. The molecule has 0 bridgehead atoms. The number of rotatable bonds is 5. The number of pyridine rings is 1. The van der Waals surface area contributed by atoms with Gasteiger partial charge in [0.2, 0.25) is 0 Å². The molecule has 0 saturated heterocycles. The Bertz CT molecular complexity index is 1580. The van der Waals surface area contributed by atoms with E-state index in [0.717, 1.165) is 70.6 Å². The first-order chi connectivity index (χ1) is 18.6. The number of amides is 1. The first kappa shape index (κ1) is 23.8. The second kappa shape index (κ2) is 9.72. The average Bonchev–Trinajstić information content (AvgIpc) is 3.54. The molecule has 5 heteroatoms. The van der Waals surface area contributed by atoms with E-state index in [0.29, 0.717) is 12.1 Å². The molecular formula is C33H28N4O. The van der Waals surface area contributed by atoms with E-state index in [9.17, 15) is 10.1 Å². The summed E-state index contributed by atoms with van der Waals surface area (Å²) < 4.78 is 0. The SMILES string of the molecule is Cc1ccnc(-c2ccc(C#N)c(-c3ccc(CN4C(=O)C5(CCCC5)N=C4c4ccccc4)cc3)c2)c1. The van der Waals surface area contributed by atoms with Gasteiger partial charge in [0, 0.05) is 22.9 Å². The van der Waals surface area contributed by atoms with Crippen LogP contribution in [0.3, 0.4) is 0 Å². The third-order valence-electron chi connectivity index (χ3n) is 7.64. The maximum absolute atomic E-state index is 13.7. The molecule has 38 heavy (non-hydrogen) atoms. The van der Waals surface area contributed by atoms with Crippen molar-refractivity contribution >= 4 is 11.7 Å². The van der Waals surface area contributed by atoms with E-state index in [1.807, 2.05) is 96.8 Å². The lowest BCUT2D eigenvalue weighted by Crippen LogP contribution is -2.40. The van der Waals surface area contributed by atoms with E-state index in [-0.39, 0.29) is 5.91 Å². The van der Waals surface area contributed by atoms with Gasteiger partial charge in [0.25, 0.3) is 5.91 Å². The third kappa shape index (κ3) is 4.29. The summed E-state index contributed by atoms with van der Waals surface area (Å²) in [5, 5.41) is 9.77. The van der Waals surface area contributed by atoms with Gasteiger partial charge in [0.05, 0.1) is 23.9 Å². The molecule has 0 unspecified atom stereocenters. The number of aromatic nitrogens is 1. The van der Waals surface area contributed by atoms with Gasteiger partial charge in [0.1, 0.15) is 11.4 Å². The van der Waals surface area contributed by atoms with Crippen molar-refractivity contribution in [1.29, 1.82) is 5.26 Å². The molecule has 1 fully saturated rings. The van der Waals surface area contributed by atoms with Gasteiger partial charge in [0.15, 0.2) is 0 Å². The number of hydrogen-bond donors (Lipinski definition) is 0. The van der Waals surface area contributed by atoms with Gasteiger partial charge >= 0.3 is 0 Å². The summed E-state index contributed by atoms with van der Waals surface area (Å²) in [6.07, 6.45) is 5.53. The van der Waals surface area contributed by atoms with E-state index in [4.69, 9.17) is 4.99 Å². The number of nitriles is 1. The molecular weight excluding hydrogens is 468 g/mol. The number of carbonyl (C=O) groups is 1. The van der Waals surface area contributed by atoms with Crippen molar-refractivity contribution in [2.24, 2.45) is 4.99 Å². The van der Waals surface area contributed by atoms with Crippen molar-refractivity contribution in [1.82, 2.24) is 9.88 Å². The van der Waals surface area contributed by atoms with Gasteiger partial charge < -0.3 is 0 Å². The zero-order chi connectivity index (χ0) is 26.1. The van der Waals surface area contributed by atoms with Crippen LogP contribution in [0.2, 0.25) is 0 Å². The molecule has 2 heterocycles. The van der Waals surface area contributed by atoms with Crippen LogP contribution in [0.25, 0.3) is 22.4 Å². The number of carbonyl (C=O) groups excluding carboxylic acids is 1. The van der Waals surface area contributed by atoms with Crippen LogP contribution in [0, 0.1) is 18.3 Å². The Morgan fingerprint density at radius 2 is 1.63 bits per heavy atom. The fourth-order valence-electron chi connectivity index (χ4n) is 5.60. The molecule has 4 aromatic rings. The van der Waals surface area contributed by atoms with Gasteiger partial charge in [-0.3, -0.25) is 19.7 Å². The van der Waals surface area contributed by atoms with E-state index < -0.39 is 5.54 Å². The average molecular weight is 497 g/mol. The number of amidine groups is 1. The summed E-state index contributed by atoms with van der Waals surface area (Å²) in [7, 11) is 0. The van der Waals surface area contributed by atoms with E-state index in [1.54, 1.807) is 6.20 Å². The minimum Gasteiger partial charge on any atom is -0.290 e. The lowest BCUT2D eigenvalue weighted by Gasteiger charge is -2.23. The maximum atomic E-state index is 13.7. The molecule has 2 aliphatic rings. The van der Waals surface area contributed by atoms with Crippen LogP contribution < -0.4 is 0 Å². The molecule has 6 rings (SSSR count). The first-order valence-corrected chi connectivity index (χ1v) is 13.1. The quantitative estimate of drug-likeness (QED) is 0.309. The van der Waals surface area contributed by atoms with Crippen LogP contribution in [0.1, 0.15) is 47.9 Å². The predicted molar refractivity (Wildman–Crippen MR) is 149 cm³/mol. The van der Waals surface area contributed by atoms with E-state index >= 15 is 0 Å². The fraction of sp³-hybridized carbons (Fsp3) is 0.212. The van der Waals surface area contributed by atoms with E-state index in [1.165, 1.54) is 0 Å². The van der Waals surface area contributed by atoms with Crippen LogP contribution in [0.5, 0.6) is 0 Å². The summed E-state index contributed by atoms with van der Waals surface area (Å²) in [4.78, 5) is 25.1. The Balaban J connectivity index is 1.30. The maximum Gasteiger partial charge on any atom is 0.256 e. The Morgan fingerprint density at radius 3 is 2.34 bits per heavy atom.